The molecule has 0 aliphatic carbocycles. The fourth-order valence-electron chi connectivity index (χ4n) is 1.43. The highest BCUT2D eigenvalue weighted by molar-refractivity contribution is 7.84. The fourth-order valence-corrected chi connectivity index (χ4v) is 2.21. The molecule has 0 aromatic heterocycles. The summed E-state index contributed by atoms with van der Waals surface area (Å²) in [7, 11) is -1.15. The summed E-state index contributed by atoms with van der Waals surface area (Å²) in [4.78, 5) is 0. The first-order chi connectivity index (χ1) is 7.88. The standard InChI is InChI=1S/C11H14F3NOS/c1-17(16)7-10(15-8-11(12,13)14)9-5-3-2-4-6-9/h2-6,10,15H,7-8H2,1H3/t10-,17+/m1/s1. The van der Waals surface area contributed by atoms with Crippen molar-refractivity contribution in [2.75, 3.05) is 18.6 Å². The van der Waals surface area contributed by atoms with Gasteiger partial charge in [-0.3, -0.25) is 4.21 Å². The van der Waals surface area contributed by atoms with Crippen LogP contribution in [0.1, 0.15) is 11.6 Å². The molecule has 2 atom stereocenters. The number of nitrogens with one attached hydrogen (secondary N) is 1. The maximum absolute atomic E-state index is 12.1. The van der Waals surface area contributed by atoms with Crippen molar-refractivity contribution in [1.82, 2.24) is 5.32 Å². The van der Waals surface area contributed by atoms with Crippen molar-refractivity contribution < 1.29 is 17.4 Å². The van der Waals surface area contributed by atoms with Crippen LogP contribution in [0.4, 0.5) is 13.2 Å². The minimum atomic E-state index is -4.26. The van der Waals surface area contributed by atoms with Crippen molar-refractivity contribution in [3.8, 4) is 0 Å². The minimum Gasteiger partial charge on any atom is -0.301 e. The molecule has 0 amide bonds. The summed E-state index contributed by atoms with van der Waals surface area (Å²) in [5.74, 6) is 0.167. The average Bonchev–Trinajstić information content (AvgIpc) is 2.24. The van der Waals surface area contributed by atoms with Crippen LogP contribution >= 0.6 is 0 Å². The van der Waals surface area contributed by atoms with Gasteiger partial charge in [0, 0.05) is 28.9 Å². The average molecular weight is 265 g/mol. The van der Waals surface area contributed by atoms with Gasteiger partial charge in [0.2, 0.25) is 0 Å². The van der Waals surface area contributed by atoms with E-state index in [0.717, 1.165) is 0 Å². The maximum atomic E-state index is 12.1. The molecule has 0 radical (unpaired) electrons. The van der Waals surface area contributed by atoms with E-state index in [1.165, 1.54) is 6.26 Å². The predicted octanol–water partition coefficient (Wildman–Crippen LogP) is 2.26. The molecule has 1 N–H and O–H groups in total. The molecule has 1 aromatic carbocycles. The third kappa shape index (κ3) is 5.83. The minimum absolute atomic E-state index is 0.167. The number of hydrogen-bond donors (Lipinski definition) is 1. The lowest BCUT2D eigenvalue weighted by Crippen LogP contribution is -2.34. The SMILES string of the molecule is C[S@](=O)C[C@@H](NCC(F)(F)F)c1ccccc1. The summed E-state index contributed by atoms with van der Waals surface area (Å²) >= 11 is 0. The number of hydrogen-bond acceptors (Lipinski definition) is 2. The van der Waals surface area contributed by atoms with Crippen LogP contribution in [0.5, 0.6) is 0 Å². The molecule has 17 heavy (non-hydrogen) atoms. The van der Waals surface area contributed by atoms with Crippen LogP contribution in [0, 0.1) is 0 Å². The summed E-state index contributed by atoms with van der Waals surface area (Å²) in [5, 5.41) is 2.39. The maximum Gasteiger partial charge on any atom is 0.401 e. The molecule has 0 fully saturated rings. The Bertz CT molecular complexity index is 367. The highest BCUT2D eigenvalue weighted by atomic mass is 32.2. The molecule has 6 heteroatoms. The predicted molar refractivity (Wildman–Crippen MR) is 62.2 cm³/mol. The zero-order valence-electron chi connectivity index (χ0n) is 9.33. The molecular weight excluding hydrogens is 251 g/mol. The van der Waals surface area contributed by atoms with Crippen molar-refractivity contribution in [2.45, 2.75) is 12.2 Å². The first kappa shape index (κ1) is 14.2. The van der Waals surface area contributed by atoms with Gasteiger partial charge in [0.05, 0.1) is 6.54 Å². The quantitative estimate of drug-likeness (QED) is 0.884. The lowest BCUT2D eigenvalue weighted by molar-refractivity contribution is -0.126. The van der Waals surface area contributed by atoms with Gasteiger partial charge in [-0.15, -0.1) is 0 Å². The van der Waals surface area contributed by atoms with Gasteiger partial charge in [0.25, 0.3) is 0 Å². The Labute approximate surface area is 101 Å². The van der Waals surface area contributed by atoms with Gasteiger partial charge in [0.1, 0.15) is 0 Å². The lowest BCUT2D eigenvalue weighted by Gasteiger charge is -2.19. The van der Waals surface area contributed by atoms with Gasteiger partial charge in [-0.2, -0.15) is 13.2 Å². The molecule has 0 spiro atoms. The molecule has 2 nitrogen and oxygen atoms in total. The normalized spacial score (nSPS) is 15.5. The molecule has 0 aliphatic rings. The smallest absolute Gasteiger partial charge is 0.301 e. The van der Waals surface area contributed by atoms with Gasteiger partial charge in [-0.1, -0.05) is 30.3 Å². The van der Waals surface area contributed by atoms with Crippen LogP contribution in [0.25, 0.3) is 0 Å². The van der Waals surface area contributed by atoms with Gasteiger partial charge >= 0.3 is 6.18 Å². The number of halogens is 3. The van der Waals surface area contributed by atoms with Crippen LogP contribution in [-0.4, -0.2) is 28.9 Å². The van der Waals surface area contributed by atoms with E-state index in [4.69, 9.17) is 0 Å². The number of alkyl halides is 3. The Morgan fingerprint density at radius 2 is 1.88 bits per heavy atom. The fraction of sp³-hybridized carbons (Fsp3) is 0.455. The number of rotatable bonds is 5. The molecule has 0 heterocycles. The third-order valence-electron chi connectivity index (χ3n) is 2.15. The summed E-state index contributed by atoms with van der Waals surface area (Å²) < 4.78 is 47.5. The van der Waals surface area contributed by atoms with E-state index in [0.29, 0.717) is 5.56 Å². The van der Waals surface area contributed by atoms with Crippen molar-refractivity contribution in [3.05, 3.63) is 35.9 Å². The second-order valence-electron chi connectivity index (χ2n) is 3.70. The van der Waals surface area contributed by atoms with E-state index in [2.05, 4.69) is 5.32 Å². The molecule has 1 rings (SSSR count). The second-order valence-corrected chi connectivity index (χ2v) is 5.18. The molecule has 1 aromatic rings. The van der Waals surface area contributed by atoms with E-state index in [1.54, 1.807) is 30.3 Å². The van der Waals surface area contributed by atoms with E-state index < -0.39 is 29.6 Å². The highest BCUT2D eigenvalue weighted by Crippen LogP contribution is 2.18. The zero-order chi connectivity index (χ0) is 12.9. The molecular formula is C11H14F3NOS. The molecule has 0 saturated heterocycles. The summed E-state index contributed by atoms with van der Waals surface area (Å²) in [6.07, 6.45) is -2.78. The van der Waals surface area contributed by atoms with Crippen LogP contribution in [-0.2, 0) is 10.8 Å². The number of benzene rings is 1. The molecule has 0 aliphatic heterocycles. The van der Waals surface area contributed by atoms with Crippen LogP contribution in [0.2, 0.25) is 0 Å². The Morgan fingerprint density at radius 1 is 1.29 bits per heavy atom. The van der Waals surface area contributed by atoms with Gasteiger partial charge < -0.3 is 5.32 Å². The van der Waals surface area contributed by atoms with E-state index in [-0.39, 0.29) is 5.75 Å². The van der Waals surface area contributed by atoms with E-state index in [9.17, 15) is 17.4 Å². The van der Waals surface area contributed by atoms with E-state index >= 15 is 0 Å². The summed E-state index contributed by atoms with van der Waals surface area (Å²) in [5.41, 5.74) is 0.715. The third-order valence-corrected chi connectivity index (χ3v) is 2.95. The lowest BCUT2D eigenvalue weighted by atomic mass is 10.1. The first-order valence-corrected chi connectivity index (χ1v) is 6.76. The Morgan fingerprint density at radius 3 is 2.35 bits per heavy atom. The van der Waals surface area contributed by atoms with Gasteiger partial charge in [-0.05, 0) is 5.56 Å². The largest absolute Gasteiger partial charge is 0.401 e. The molecule has 0 bridgehead atoms. The van der Waals surface area contributed by atoms with Crippen LogP contribution in [0.15, 0.2) is 30.3 Å². The van der Waals surface area contributed by atoms with Crippen LogP contribution < -0.4 is 5.32 Å². The summed E-state index contributed by atoms with van der Waals surface area (Å²) in [6, 6.07) is 8.19. The Hall–Kier alpha value is -0.880. The topological polar surface area (TPSA) is 29.1 Å². The Kier molecular flexibility index (Phi) is 5.14. The second kappa shape index (κ2) is 6.16. The van der Waals surface area contributed by atoms with Crippen molar-refractivity contribution in [1.29, 1.82) is 0 Å². The molecule has 96 valence electrons. The van der Waals surface area contributed by atoms with Gasteiger partial charge in [0.15, 0.2) is 0 Å². The highest BCUT2D eigenvalue weighted by Gasteiger charge is 2.28. The molecule has 0 unspecified atom stereocenters. The summed E-state index contributed by atoms with van der Waals surface area (Å²) in [6.45, 7) is -1.08. The van der Waals surface area contributed by atoms with Gasteiger partial charge in [-0.25, -0.2) is 0 Å². The monoisotopic (exact) mass is 265 g/mol. The zero-order valence-corrected chi connectivity index (χ0v) is 10.1. The van der Waals surface area contributed by atoms with E-state index in [1.807, 2.05) is 0 Å². The Balaban J connectivity index is 2.71. The van der Waals surface area contributed by atoms with Crippen molar-refractivity contribution >= 4 is 10.8 Å². The van der Waals surface area contributed by atoms with Crippen LogP contribution in [0.3, 0.4) is 0 Å². The van der Waals surface area contributed by atoms with Crippen molar-refractivity contribution in [3.63, 3.8) is 0 Å². The van der Waals surface area contributed by atoms with Crippen molar-refractivity contribution in [2.24, 2.45) is 0 Å². The molecule has 0 saturated carbocycles. The first-order valence-electron chi connectivity index (χ1n) is 5.03.